The molecule has 0 amide bonds. The Hall–Kier alpha value is -0.520. The predicted molar refractivity (Wildman–Crippen MR) is 63.5 cm³/mol. The molecule has 0 aromatic carbocycles. The molecule has 1 aliphatic heterocycles. The Morgan fingerprint density at radius 2 is 2.38 bits per heavy atom. The van der Waals surface area contributed by atoms with Crippen LogP contribution >= 0.6 is 11.8 Å². The summed E-state index contributed by atoms with van der Waals surface area (Å²) in [6.45, 7) is 4.94. The van der Waals surface area contributed by atoms with Gasteiger partial charge in [0.25, 0.3) is 0 Å². The minimum absolute atomic E-state index is 0.0595. The summed E-state index contributed by atoms with van der Waals surface area (Å²) < 4.78 is 7.40. The van der Waals surface area contributed by atoms with Crippen LogP contribution in [0, 0.1) is 6.92 Å². The minimum Gasteiger partial charge on any atom is -0.392 e. The van der Waals surface area contributed by atoms with Crippen molar-refractivity contribution in [1.82, 2.24) is 9.78 Å². The van der Waals surface area contributed by atoms with Gasteiger partial charge in [0.05, 0.1) is 23.4 Å². The first-order chi connectivity index (χ1) is 7.63. The maximum Gasteiger partial charge on any atom is 0.0998 e. The lowest BCUT2D eigenvalue weighted by molar-refractivity contribution is 0.127. The van der Waals surface area contributed by atoms with E-state index in [9.17, 15) is 5.11 Å². The van der Waals surface area contributed by atoms with Gasteiger partial charge in [0.1, 0.15) is 0 Å². The normalized spacial score (nSPS) is 25.2. The van der Waals surface area contributed by atoms with E-state index >= 15 is 0 Å². The molecular formula is C11H18N2O2S. The highest BCUT2D eigenvalue weighted by atomic mass is 32.2. The summed E-state index contributed by atoms with van der Waals surface area (Å²) in [5.74, 6) is 0. The standard InChI is InChI=1S/C11H18N2O2S/c1-7-9(6-14)11(13(3)12-7)16-10-4-5-15-8(10)2/h8,10,14H,4-6H2,1-3H3. The number of rotatable bonds is 3. The molecule has 1 fully saturated rings. The van der Waals surface area contributed by atoms with E-state index in [2.05, 4.69) is 12.0 Å². The number of nitrogens with zero attached hydrogens (tertiary/aromatic N) is 2. The van der Waals surface area contributed by atoms with Crippen LogP contribution in [0.3, 0.4) is 0 Å². The lowest BCUT2D eigenvalue weighted by atomic mass is 10.2. The van der Waals surface area contributed by atoms with Gasteiger partial charge in [-0.25, -0.2) is 0 Å². The number of aliphatic hydroxyl groups is 1. The van der Waals surface area contributed by atoms with Gasteiger partial charge < -0.3 is 9.84 Å². The Bertz CT molecular complexity index is 378. The first-order valence-corrected chi connectivity index (χ1v) is 6.43. The highest BCUT2D eigenvalue weighted by molar-refractivity contribution is 8.00. The molecule has 1 aliphatic rings. The van der Waals surface area contributed by atoms with E-state index in [1.54, 1.807) is 11.8 Å². The smallest absolute Gasteiger partial charge is 0.0998 e. The Morgan fingerprint density at radius 1 is 1.62 bits per heavy atom. The Balaban J connectivity index is 2.20. The molecule has 0 spiro atoms. The van der Waals surface area contributed by atoms with E-state index < -0.39 is 0 Å². The molecule has 0 saturated carbocycles. The highest BCUT2D eigenvalue weighted by Crippen LogP contribution is 2.35. The molecule has 2 heterocycles. The van der Waals surface area contributed by atoms with E-state index in [0.717, 1.165) is 29.3 Å². The molecule has 1 aromatic rings. The predicted octanol–water partition coefficient (Wildman–Crippen LogP) is 1.49. The molecule has 0 bridgehead atoms. The summed E-state index contributed by atoms with van der Waals surface area (Å²) in [4.78, 5) is 0. The summed E-state index contributed by atoms with van der Waals surface area (Å²) in [5, 5.41) is 15.2. The van der Waals surface area contributed by atoms with E-state index in [0.29, 0.717) is 5.25 Å². The number of hydrogen-bond acceptors (Lipinski definition) is 4. The van der Waals surface area contributed by atoms with Gasteiger partial charge in [-0.2, -0.15) is 5.10 Å². The lowest BCUT2D eigenvalue weighted by Crippen LogP contribution is -2.14. The molecule has 1 aromatic heterocycles. The third kappa shape index (κ3) is 2.12. The fourth-order valence-electron chi connectivity index (χ4n) is 2.02. The quantitative estimate of drug-likeness (QED) is 0.872. The van der Waals surface area contributed by atoms with Crippen LogP contribution in [0.15, 0.2) is 5.03 Å². The summed E-state index contributed by atoms with van der Waals surface area (Å²) in [6.07, 6.45) is 1.35. The molecule has 1 N–H and O–H groups in total. The van der Waals surface area contributed by atoms with Gasteiger partial charge in [0, 0.05) is 24.5 Å². The fourth-order valence-corrected chi connectivity index (χ4v) is 3.34. The second-order valence-corrected chi connectivity index (χ2v) is 5.40. The Morgan fingerprint density at radius 3 is 2.94 bits per heavy atom. The summed E-state index contributed by atoms with van der Waals surface area (Å²) in [6, 6.07) is 0. The molecule has 2 atom stereocenters. The first kappa shape index (κ1) is 12.0. The number of ether oxygens (including phenoxy) is 1. The van der Waals surface area contributed by atoms with Crippen LogP contribution < -0.4 is 0 Å². The van der Waals surface area contributed by atoms with Crippen molar-refractivity contribution >= 4 is 11.8 Å². The Labute approximate surface area is 100.0 Å². The van der Waals surface area contributed by atoms with Crippen LogP contribution in [0.2, 0.25) is 0 Å². The highest BCUT2D eigenvalue weighted by Gasteiger charge is 2.27. The topological polar surface area (TPSA) is 47.3 Å². The van der Waals surface area contributed by atoms with Crippen LogP contribution in [-0.4, -0.2) is 32.8 Å². The monoisotopic (exact) mass is 242 g/mol. The van der Waals surface area contributed by atoms with Crippen molar-refractivity contribution < 1.29 is 9.84 Å². The fraction of sp³-hybridized carbons (Fsp3) is 0.727. The van der Waals surface area contributed by atoms with Crippen molar-refractivity contribution in [2.75, 3.05) is 6.61 Å². The lowest BCUT2D eigenvalue weighted by Gasteiger charge is -2.14. The molecule has 90 valence electrons. The maximum absolute atomic E-state index is 9.35. The number of hydrogen-bond donors (Lipinski definition) is 1. The zero-order chi connectivity index (χ0) is 11.7. The van der Waals surface area contributed by atoms with Crippen LogP contribution in [0.1, 0.15) is 24.6 Å². The number of thioether (sulfide) groups is 1. The van der Waals surface area contributed by atoms with Crippen molar-refractivity contribution in [2.24, 2.45) is 7.05 Å². The van der Waals surface area contributed by atoms with Gasteiger partial charge in [-0.1, -0.05) is 0 Å². The number of aryl methyl sites for hydroxylation is 2. The average molecular weight is 242 g/mol. The average Bonchev–Trinajstić information content (AvgIpc) is 2.74. The van der Waals surface area contributed by atoms with Crippen LogP contribution in [-0.2, 0) is 18.4 Å². The first-order valence-electron chi connectivity index (χ1n) is 5.55. The van der Waals surface area contributed by atoms with Crippen molar-refractivity contribution in [3.63, 3.8) is 0 Å². The molecule has 0 radical (unpaired) electrons. The van der Waals surface area contributed by atoms with Crippen LogP contribution in [0.25, 0.3) is 0 Å². The molecule has 0 aliphatic carbocycles. The number of aliphatic hydroxyl groups excluding tert-OH is 1. The van der Waals surface area contributed by atoms with Crippen molar-refractivity contribution in [2.45, 2.75) is 43.3 Å². The maximum atomic E-state index is 9.35. The van der Waals surface area contributed by atoms with Gasteiger partial charge in [-0.15, -0.1) is 11.8 Å². The van der Waals surface area contributed by atoms with Crippen LogP contribution in [0.5, 0.6) is 0 Å². The molecule has 2 rings (SSSR count). The van der Waals surface area contributed by atoms with Gasteiger partial charge in [-0.05, 0) is 20.3 Å². The van der Waals surface area contributed by atoms with E-state index in [1.807, 2.05) is 18.7 Å². The van der Waals surface area contributed by atoms with Crippen LogP contribution in [0.4, 0.5) is 0 Å². The van der Waals surface area contributed by atoms with Crippen molar-refractivity contribution in [1.29, 1.82) is 0 Å². The summed E-state index contributed by atoms with van der Waals surface area (Å²) >= 11 is 1.77. The van der Waals surface area contributed by atoms with Crippen molar-refractivity contribution in [3.8, 4) is 0 Å². The summed E-state index contributed by atoms with van der Waals surface area (Å²) in [7, 11) is 1.93. The molecule has 5 heteroatoms. The van der Waals surface area contributed by atoms with Gasteiger partial charge in [0.2, 0.25) is 0 Å². The zero-order valence-corrected chi connectivity index (χ0v) is 10.8. The minimum atomic E-state index is 0.0595. The zero-order valence-electron chi connectivity index (χ0n) is 9.93. The van der Waals surface area contributed by atoms with Gasteiger partial charge in [0.15, 0.2) is 0 Å². The van der Waals surface area contributed by atoms with Gasteiger partial charge >= 0.3 is 0 Å². The van der Waals surface area contributed by atoms with E-state index in [1.165, 1.54) is 0 Å². The summed E-state index contributed by atoms with van der Waals surface area (Å²) in [5.41, 5.74) is 1.87. The van der Waals surface area contributed by atoms with E-state index in [-0.39, 0.29) is 12.7 Å². The van der Waals surface area contributed by atoms with Crippen molar-refractivity contribution in [3.05, 3.63) is 11.3 Å². The largest absolute Gasteiger partial charge is 0.392 e. The second kappa shape index (κ2) is 4.77. The third-order valence-corrected chi connectivity index (χ3v) is 4.67. The SMILES string of the molecule is Cc1nn(C)c(SC2CCOC2C)c1CO. The van der Waals surface area contributed by atoms with Gasteiger partial charge in [-0.3, -0.25) is 4.68 Å². The van der Waals surface area contributed by atoms with E-state index in [4.69, 9.17) is 4.74 Å². The third-order valence-electron chi connectivity index (χ3n) is 3.02. The molecular weight excluding hydrogens is 224 g/mol. The Kier molecular flexibility index (Phi) is 3.56. The molecule has 2 unspecified atom stereocenters. The molecule has 16 heavy (non-hydrogen) atoms. The molecule has 1 saturated heterocycles. The molecule has 4 nitrogen and oxygen atoms in total. The second-order valence-electron chi connectivity index (χ2n) is 4.17. The number of aromatic nitrogens is 2.